The Kier molecular flexibility index (Phi) is 6.94. The lowest BCUT2D eigenvalue weighted by atomic mass is 9.93. The van der Waals surface area contributed by atoms with Crippen LogP contribution in [0.2, 0.25) is 0 Å². The first-order chi connectivity index (χ1) is 13.5. The third-order valence-electron chi connectivity index (χ3n) is 5.56. The summed E-state index contributed by atoms with van der Waals surface area (Å²) in [7, 11) is 0. The first-order valence-corrected chi connectivity index (χ1v) is 10.4. The normalized spacial score (nSPS) is 20.9. The number of ether oxygens (including phenoxy) is 1. The number of morpholine rings is 1. The third-order valence-corrected chi connectivity index (χ3v) is 5.56. The standard InChI is InChI=1S/C22H34N4O2/c1-4-23-21(26-11-10-22(2,3)17-26)24-16-19(18-8-6-5-7-9-18)20(27)25-12-14-28-15-13-25/h5-9,19H,4,10-17H2,1-3H3,(H,23,24). The largest absolute Gasteiger partial charge is 0.378 e. The quantitative estimate of drug-likeness (QED) is 0.623. The molecule has 1 unspecified atom stereocenters. The Balaban J connectivity index is 1.79. The van der Waals surface area contributed by atoms with Crippen LogP contribution in [0.3, 0.4) is 0 Å². The van der Waals surface area contributed by atoms with Gasteiger partial charge in [-0.2, -0.15) is 0 Å². The molecule has 1 atom stereocenters. The zero-order chi connectivity index (χ0) is 20.0. The summed E-state index contributed by atoms with van der Waals surface area (Å²) in [6.07, 6.45) is 1.16. The monoisotopic (exact) mass is 386 g/mol. The zero-order valence-electron chi connectivity index (χ0n) is 17.5. The number of amides is 1. The molecule has 1 amide bonds. The molecule has 2 heterocycles. The fourth-order valence-corrected chi connectivity index (χ4v) is 3.91. The van der Waals surface area contributed by atoms with Gasteiger partial charge in [-0.15, -0.1) is 0 Å². The maximum atomic E-state index is 13.3. The van der Waals surface area contributed by atoms with Crippen LogP contribution >= 0.6 is 0 Å². The molecule has 0 aliphatic carbocycles. The number of nitrogens with zero attached hydrogens (tertiary/aromatic N) is 3. The molecule has 154 valence electrons. The van der Waals surface area contributed by atoms with Gasteiger partial charge in [0, 0.05) is 32.7 Å². The highest BCUT2D eigenvalue weighted by Gasteiger charge is 2.32. The van der Waals surface area contributed by atoms with E-state index >= 15 is 0 Å². The Bertz CT molecular complexity index is 668. The van der Waals surface area contributed by atoms with E-state index in [-0.39, 0.29) is 11.8 Å². The van der Waals surface area contributed by atoms with Crippen molar-refractivity contribution in [2.75, 3.05) is 52.5 Å². The molecule has 0 saturated carbocycles. The molecule has 0 radical (unpaired) electrons. The summed E-state index contributed by atoms with van der Waals surface area (Å²) in [4.78, 5) is 22.4. The Morgan fingerprint density at radius 2 is 1.89 bits per heavy atom. The minimum Gasteiger partial charge on any atom is -0.378 e. The van der Waals surface area contributed by atoms with E-state index in [0.29, 0.717) is 38.3 Å². The predicted molar refractivity (Wildman–Crippen MR) is 113 cm³/mol. The SMILES string of the molecule is CCNC(=NCC(C(=O)N1CCOCC1)c1ccccc1)N1CCC(C)(C)C1. The van der Waals surface area contributed by atoms with Crippen molar-refractivity contribution in [3.63, 3.8) is 0 Å². The average Bonchev–Trinajstić information content (AvgIpc) is 3.08. The number of carbonyl (C=O) groups excluding carboxylic acids is 1. The first kappa shape index (κ1) is 20.6. The van der Waals surface area contributed by atoms with Crippen LogP contribution in [0.1, 0.15) is 38.7 Å². The van der Waals surface area contributed by atoms with E-state index in [9.17, 15) is 4.79 Å². The molecule has 28 heavy (non-hydrogen) atoms. The molecular weight excluding hydrogens is 352 g/mol. The lowest BCUT2D eigenvalue weighted by Crippen LogP contribution is -2.44. The van der Waals surface area contributed by atoms with Crippen LogP contribution in [-0.2, 0) is 9.53 Å². The van der Waals surface area contributed by atoms with Crippen LogP contribution in [0.15, 0.2) is 35.3 Å². The maximum absolute atomic E-state index is 13.3. The van der Waals surface area contributed by atoms with Gasteiger partial charge < -0.3 is 19.9 Å². The number of likely N-dealkylation sites (tertiary alicyclic amines) is 1. The summed E-state index contributed by atoms with van der Waals surface area (Å²) >= 11 is 0. The number of hydrogen-bond donors (Lipinski definition) is 1. The van der Waals surface area contributed by atoms with E-state index in [0.717, 1.165) is 37.6 Å². The lowest BCUT2D eigenvalue weighted by molar-refractivity contribution is -0.136. The molecule has 2 aliphatic rings. The summed E-state index contributed by atoms with van der Waals surface area (Å²) in [5.74, 6) is 0.809. The van der Waals surface area contributed by atoms with Crippen molar-refractivity contribution in [2.45, 2.75) is 33.1 Å². The molecule has 2 fully saturated rings. The minimum absolute atomic E-state index is 0.149. The van der Waals surface area contributed by atoms with Crippen molar-refractivity contribution in [3.05, 3.63) is 35.9 Å². The van der Waals surface area contributed by atoms with Gasteiger partial charge in [-0.3, -0.25) is 9.79 Å². The fourth-order valence-electron chi connectivity index (χ4n) is 3.91. The topological polar surface area (TPSA) is 57.2 Å². The van der Waals surface area contributed by atoms with Gasteiger partial charge in [-0.05, 0) is 24.3 Å². The second kappa shape index (κ2) is 9.41. The van der Waals surface area contributed by atoms with E-state index in [1.54, 1.807) is 0 Å². The molecule has 1 aromatic carbocycles. The van der Waals surface area contributed by atoms with Crippen molar-refractivity contribution < 1.29 is 9.53 Å². The van der Waals surface area contributed by atoms with Gasteiger partial charge >= 0.3 is 0 Å². The van der Waals surface area contributed by atoms with Gasteiger partial charge in [-0.25, -0.2) is 0 Å². The number of rotatable bonds is 5. The number of nitrogens with one attached hydrogen (secondary N) is 1. The van der Waals surface area contributed by atoms with Gasteiger partial charge in [0.1, 0.15) is 0 Å². The number of hydrogen-bond acceptors (Lipinski definition) is 3. The van der Waals surface area contributed by atoms with Crippen molar-refractivity contribution in [1.29, 1.82) is 0 Å². The second-order valence-corrected chi connectivity index (χ2v) is 8.43. The zero-order valence-corrected chi connectivity index (χ0v) is 17.5. The molecule has 2 aliphatic heterocycles. The second-order valence-electron chi connectivity index (χ2n) is 8.43. The van der Waals surface area contributed by atoms with Crippen molar-refractivity contribution >= 4 is 11.9 Å². The summed E-state index contributed by atoms with van der Waals surface area (Å²) < 4.78 is 5.41. The summed E-state index contributed by atoms with van der Waals surface area (Å²) in [5, 5.41) is 3.42. The van der Waals surface area contributed by atoms with E-state index in [1.165, 1.54) is 0 Å². The third kappa shape index (κ3) is 5.25. The Morgan fingerprint density at radius 1 is 1.18 bits per heavy atom. The molecule has 3 rings (SSSR count). The molecule has 6 nitrogen and oxygen atoms in total. The highest BCUT2D eigenvalue weighted by atomic mass is 16.5. The minimum atomic E-state index is -0.261. The molecule has 0 bridgehead atoms. The van der Waals surface area contributed by atoms with E-state index in [4.69, 9.17) is 9.73 Å². The lowest BCUT2D eigenvalue weighted by Gasteiger charge is -2.30. The predicted octanol–water partition coefficient (Wildman–Crippen LogP) is 2.33. The number of guanidine groups is 1. The number of aliphatic imine (C=N–C) groups is 1. The van der Waals surface area contributed by atoms with E-state index in [1.807, 2.05) is 35.2 Å². The maximum Gasteiger partial charge on any atom is 0.232 e. The fraction of sp³-hybridized carbons (Fsp3) is 0.636. The molecule has 0 aromatic heterocycles. The van der Waals surface area contributed by atoms with Crippen LogP contribution < -0.4 is 5.32 Å². The van der Waals surface area contributed by atoms with Crippen molar-refractivity contribution in [1.82, 2.24) is 15.1 Å². The smallest absolute Gasteiger partial charge is 0.232 e. The van der Waals surface area contributed by atoms with Crippen LogP contribution in [0.5, 0.6) is 0 Å². The molecule has 6 heteroatoms. The Hall–Kier alpha value is -2.08. The van der Waals surface area contributed by atoms with Gasteiger partial charge in [0.05, 0.1) is 25.7 Å². The van der Waals surface area contributed by atoms with Crippen LogP contribution in [0.25, 0.3) is 0 Å². The molecule has 1 N–H and O–H groups in total. The molecular formula is C22H34N4O2. The summed E-state index contributed by atoms with van der Waals surface area (Å²) in [6, 6.07) is 10.0. The van der Waals surface area contributed by atoms with Crippen LogP contribution in [0.4, 0.5) is 0 Å². The van der Waals surface area contributed by atoms with Crippen LogP contribution in [0, 0.1) is 5.41 Å². The van der Waals surface area contributed by atoms with Gasteiger partial charge in [0.25, 0.3) is 0 Å². The average molecular weight is 387 g/mol. The van der Waals surface area contributed by atoms with Crippen molar-refractivity contribution in [2.24, 2.45) is 10.4 Å². The van der Waals surface area contributed by atoms with Crippen LogP contribution in [-0.4, -0.2) is 74.1 Å². The number of benzene rings is 1. The number of carbonyl (C=O) groups is 1. The van der Waals surface area contributed by atoms with Crippen molar-refractivity contribution in [3.8, 4) is 0 Å². The van der Waals surface area contributed by atoms with Gasteiger partial charge in [0.2, 0.25) is 5.91 Å². The summed E-state index contributed by atoms with van der Waals surface area (Å²) in [5.41, 5.74) is 1.33. The van der Waals surface area contributed by atoms with E-state index in [2.05, 4.69) is 31.0 Å². The molecule has 0 spiro atoms. The highest BCUT2D eigenvalue weighted by Crippen LogP contribution is 2.29. The molecule has 1 aromatic rings. The first-order valence-electron chi connectivity index (χ1n) is 10.4. The molecule has 2 saturated heterocycles. The Morgan fingerprint density at radius 3 is 2.50 bits per heavy atom. The summed E-state index contributed by atoms with van der Waals surface area (Å²) in [6.45, 7) is 12.5. The van der Waals surface area contributed by atoms with Gasteiger partial charge in [-0.1, -0.05) is 44.2 Å². The van der Waals surface area contributed by atoms with E-state index < -0.39 is 0 Å². The Labute approximate surface area is 168 Å². The van der Waals surface area contributed by atoms with Gasteiger partial charge in [0.15, 0.2) is 5.96 Å². The highest BCUT2D eigenvalue weighted by molar-refractivity contribution is 5.85.